The molecular weight excluding hydrogens is 250 g/mol. The van der Waals surface area contributed by atoms with Crippen LogP contribution in [-0.2, 0) is 11.3 Å². The van der Waals surface area contributed by atoms with Crippen LogP contribution in [0.1, 0.15) is 18.1 Å². The molecule has 0 saturated carbocycles. The van der Waals surface area contributed by atoms with Crippen LogP contribution in [-0.4, -0.2) is 12.0 Å². The van der Waals surface area contributed by atoms with Gasteiger partial charge >= 0.3 is 0 Å². The summed E-state index contributed by atoms with van der Waals surface area (Å²) in [5.41, 5.74) is 2.24. The molecule has 0 saturated heterocycles. The molecule has 1 amide bonds. The van der Waals surface area contributed by atoms with E-state index < -0.39 is 6.10 Å². The predicted molar refractivity (Wildman–Crippen MR) is 79.6 cm³/mol. The van der Waals surface area contributed by atoms with Gasteiger partial charge in [-0.3, -0.25) is 4.79 Å². The van der Waals surface area contributed by atoms with Gasteiger partial charge in [0.15, 0.2) is 6.10 Å². The standard InChI is InChI=1S/C17H19NO2/c1-13-8-10-16(11-9-13)20-14(2)17(19)18-12-15-6-4-3-5-7-15/h3-11,14H,12H2,1-2H3,(H,18,19)/t14-/m0/s1. The predicted octanol–water partition coefficient (Wildman–Crippen LogP) is 3.08. The third-order valence-corrected chi connectivity index (χ3v) is 3.01. The number of nitrogens with one attached hydrogen (secondary N) is 1. The quantitative estimate of drug-likeness (QED) is 0.906. The van der Waals surface area contributed by atoms with E-state index in [9.17, 15) is 4.79 Å². The zero-order valence-electron chi connectivity index (χ0n) is 11.8. The summed E-state index contributed by atoms with van der Waals surface area (Å²) in [4.78, 5) is 12.0. The van der Waals surface area contributed by atoms with E-state index in [1.165, 1.54) is 5.56 Å². The van der Waals surface area contributed by atoms with Crippen molar-refractivity contribution in [1.82, 2.24) is 5.32 Å². The first-order valence-corrected chi connectivity index (χ1v) is 6.70. The van der Waals surface area contributed by atoms with E-state index in [2.05, 4.69) is 5.32 Å². The number of hydrogen-bond acceptors (Lipinski definition) is 2. The topological polar surface area (TPSA) is 38.3 Å². The molecule has 0 radical (unpaired) electrons. The lowest BCUT2D eigenvalue weighted by molar-refractivity contribution is -0.127. The first kappa shape index (κ1) is 14.1. The molecule has 2 rings (SSSR count). The Morgan fingerprint density at radius 3 is 2.40 bits per heavy atom. The van der Waals surface area contributed by atoms with Gasteiger partial charge in [-0.15, -0.1) is 0 Å². The second-order valence-electron chi connectivity index (χ2n) is 4.78. The summed E-state index contributed by atoms with van der Waals surface area (Å²) in [5.74, 6) is 0.590. The molecule has 104 valence electrons. The monoisotopic (exact) mass is 269 g/mol. The molecule has 1 atom stereocenters. The lowest BCUT2D eigenvalue weighted by Gasteiger charge is -2.14. The van der Waals surface area contributed by atoms with Crippen molar-refractivity contribution < 1.29 is 9.53 Å². The van der Waals surface area contributed by atoms with Gasteiger partial charge in [-0.2, -0.15) is 0 Å². The SMILES string of the molecule is Cc1ccc(O[C@@H](C)C(=O)NCc2ccccc2)cc1. The van der Waals surface area contributed by atoms with Crippen molar-refractivity contribution >= 4 is 5.91 Å². The summed E-state index contributed by atoms with van der Waals surface area (Å²) in [6.45, 7) is 4.28. The molecule has 0 heterocycles. The lowest BCUT2D eigenvalue weighted by atomic mass is 10.2. The Labute approximate surface area is 119 Å². The molecule has 2 aromatic rings. The van der Waals surface area contributed by atoms with Gasteiger partial charge in [0.25, 0.3) is 5.91 Å². The molecule has 20 heavy (non-hydrogen) atoms. The van der Waals surface area contributed by atoms with Crippen LogP contribution in [0.4, 0.5) is 0 Å². The second kappa shape index (κ2) is 6.75. The van der Waals surface area contributed by atoms with Crippen LogP contribution >= 0.6 is 0 Å². The van der Waals surface area contributed by atoms with E-state index >= 15 is 0 Å². The van der Waals surface area contributed by atoms with Gasteiger partial charge in [0.05, 0.1) is 0 Å². The third kappa shape index (κ3) is 4.12. The van der Waals surface area contributed by atoms with Gasteiger partial charge < -0.3 is 10.1 Å². The average molecular weight is 269 g/mol. The Hall–Kier alpha value is -2.29. The van der Waals surface area contributed by atoms with Gasteiger partial charge in [-0.1, -0.05) is 48.0 Å². The maximum absolute atomic E-state index is 12.0. The van der Waals surface area contributed by atoms with Crippen LogP contribution in [0.2, 0.25) is 0 Å². The number of aryl methyl sites for hydroxylation is 1. The van der Waals surface area contributed by atoms with E-state index in [-0.39, 0.29) is 5.91 Å². The fraction of sp³-hybridized carbons (Fsp3) is 0.235. The molecule has 0 aliphatic carbocycles. The van der Waals surface area contributed by atoms with E-state index in [0.717, 1.165) is 5.56 Å². The van der Waals surface area contributed by atoms with Crippen LogP contribution in [0.15, 0.2) is 54.6 Å². The van der Waals surface area contributed by atoms with Crippen LogP contribution in [0.5, 0.6) is 5.75 Å². The second-order valence-corrected chi connectivity index (χ2v) is 4.78. The molecular formula is C17H19NO2. The molecule has 3 heteroatoms. The van der Waals surface area contributed by atoms with Crippen molar-refractivity contribution in [1.29, 1.82) is 0 Å². The Bertz CT molecular complexity index is 549. The van der Waals surface area contributed by atoms with Crippen LogP contribution in [0, 0.1) is 6.92 Å². The number of benzene rings is 2. The van der Waals surface area contributed by atoms with Crippen molar-refractivity contribution in [2.45, 2.75) is 26.5 Å². The molecule has 1 N–H and O–H groups in total. The maximum Gasteiger partial charge on any atom is 0.261 e. The van der Waals surface area contributed by atoms with Crippen molar-refractivity contribution in [3.63, 3.8) is 0 Å². The lowest BCUT2D eigenvalue weighted by Crippen LogP contribution is -2.35. The van der Waals surface area contributed by atoms with Crippen LogP contribution < -0.4 is 10.1 Å². The van der Waals surface area contributed by atoms with Crippen molar-refractivity contribution in [2.75, 3.05) is 0 Å². The Morgan fingerprint density at radius 2 is 1.75 bits per heavy atom. The minimum absolute atomic E-state index is 0.116. The van der Waals surface area contributed by atoms with Gasteiger partial charge in [-0.25, -0.2) is 0 Å². The van der Waals surface area contributed by atoms with Crippen molar-refractivity contribution in [3.8, 4) is 5.75 Å². The number of carbonyl (C=O) groups is 1. The van der Waals surface area contributed by atoms with Gasteiger partial charge in [0.2, 0.25) is 0 Å². The van der Waals surface area contributed by atoms with E-state index in [0.29, 0.717) is 12.3 Å². The summed E-state index contributed by atoms with van der Waals surface area (Å²) in [6, 6.07) is 17.5. The third-order valence-electron chi connectivity index (χ3n) is 3.01. The molecule has 3 nitrogen and oxygen atoms in total. The van der Waals surface area contributed by atoms with E-state index in [4.69, 9.17) is 4.74 Å². The van der Waals surface area contributed by atoms with Crippen molar-refractivity contribution in [2.24, 2.45) is 0 Å². The van der Waals surface area contributed by atoms with Crippen molar-refractivity contribution in [3.05, 3.63) is 65.7 Å². The highest BCUT2D eigenvalue weighted by molar-refractivity contribution is 5.80. The number of amides is 1. The molecule has 0 unspecified atom stereocenters. The molecule has 0 aliphatic heterocycles. The van der Waals surface area contributed by atoms with Gasteiger partial charge in [-0.05, 0) is 31.5 Å². The zero-order valence-corrected chi connectivity index (χ0v) is 11.8. The van der Waals surface area contributed by atoms with Gasteiger partial charge in [0, 0.05) is 6.54 Å². The van der Waals surface area contributed by atoms with Crippen LogP contribution in [0.3, 0.4) is 0 Å². The first-order valence-electron chi connectivity index (χ1n) is 6.70. The van der Waals surface area contributed by atoms with E-state index in [1.807, 2.05) is 61.5 Å². The van der Waals surface area contributed by atoms with E-state index in [1.54, 1.807) is 6.92 Å². The zero-order chi connectivity index (χ0) is 14.4. The number of rotatable bonds is 5. The summed E-state index contributed by atoms with van der Waals surface area (Å²) in [5, 5.41) is 2.87. The number of hydrogen-bond donors (Lipinski definition) is 1. The summed E-state index contributed by atoms with van der Waals surface area (Å²) in [7, 11) is 0. The van der Waals surface area contributed by atoms with Gasteiger partial charge in [0.1, 0.15) is 5.75 Å². The molecule has 0 aliphatic rings. The summed E-state index contributed by atoms with van der Waals surface area (Å²) in [6.07, 6.45) is -0.513. The highest BCUT2D eigenvalue weighted by Gasteiger charge is 2.13. The molecule has 0 bridgehead atoms. The fourth-order valence-corrected chi connectivity index (χ4v) is 1.80. The smallest absolute Gasteiger partial charge is 0.261 e. The fourth-order valence-electron chi connectivity index (χ4n) is 1.80. The number of carbonyl (C=O) groups excluding carboxylic acids is 1. The molecule has 2 aromatic carbocycles. The Kier molecular flexibility index (Phi) is 4.77. The molecule has 0 spiro atoms. The highest BCUT2D eigenvalue weighted by Crippen LogP contribution is 2.13. The number of ether oxygens (including phenoxy) is 1. The molecule has 0 aromatic heterocycles. The Balaban J connectivity index is 1.84. The minimum Gasteiger partial charge on any atom is -0.481 e. The van der Waals surface area contributed by atoms with Crippen LogP contribution in [0.25, 0.3) is 0 Å². The first-order chi connectivity index (χ1) is 9.65. The largest absolute Gasteiger partial charge is 0.481 e. The highest BCUT2D eigenvalue weighted by atomic mass is 16.5. The summed E-state index contributed by atoms with van der Waals surface area (Å²) >= 11 is 0. The minimum atomic E-state index is -0.513. The maximum atomic E-state index is 12.0. The average Bonchev–Trinajstić information content (AvgIpc) is 2.48. The normalized spacial score (nSPS) is 11.7. The Morgan fingerprint density at radius 1 is 1.10 bits per heavy atom. The molecule has 0 fully saturated rings. The summed E-state index contributed by atoms with van der Waals surface area (Å²) < 4.78 is 5.61.